The first kappa shape index (κ1) is 36.4. The van der Waals surface area contributed by atoms with Gasteiger partial charge in [-0.3, -0.25) is 0 Å². The van der Waals surface area contributed by atoms with Crippen molar-refractivity contribution < 1.29 is 36.3 Å². The van der Waals surface area contributed by atoms with E-state index < -0.39 is 15.6 Å². The van der Waals surface area contributed by atoms with Gasteiger partial charge in [0.2, 0.25) is 0 Å². The van der Waals surface area contributed by atoms with E-state index in [2.05, 4.69) is 0 Å². The fourth-order valence-corrected chi connectivity index (χ4v) is 11.3. The first-order chi connectivity index (χ1) is 30.4. The van der Waals surface area contributed by atoms with Crippen molar-refractivity contribution in [1.82, 2.24) is 0 Å². The summed E-state index contributed by atoms with van der Waals surface area (Å²) in [6.07, 6.45) is 0. The molecule has 2 aliphatic heterocycles. The summed E-state index contributed by atoms with van der Waals surface area (Å²) in [5.74, 6) is 1.74. The van der Waals surface area contributed by atoms with Crippen LogP contribution >= 0.6 is 15.6 Å². The Morgan fingerprint density at radius 2 is 0.597 bits per heavy atom. The standard InChI is InChI=1S/C52H32O8P2/c53-61(55-43-23-11-9-21-41(43)42-22-10-12-24-44(42)56-61)57-45-29-25-33-13-1-5-17-37(33)49(45)50-38-18-6-2-14-34(38)26-30-46(50)58-62(54)59-47-31-27-35-15-3-7-19-39(35)51(47)52-40-20-8-4-16-36(40)28-32-48(52)60-62/h1-32H. The number of rotatable bonds is 5. The lowest BCUT2D eigenvalue weighted by Gasteiger charge is -2.23. The van der Waals surface area contributed by atoms with E-state index in [1.54, 1.807) is 36.4 Å². The molecule has 0 amide bonds. The lowest BCUT2D eigenvalue weighted by atomic mass is 9.92. The molecule has 0 fully saturated rings. The van der Waals surface area contributed by atoms with Crippen molar-refractivity contribution in [2.75, 3.05) is 0 Å². The van der Waals surface area contributed by atoms with Crippen molar-refractivity contribution in [3.63, 3.8) is 0 Å². The zero-order chi connectivity index (χ0) is 41.4. The Kier molecular flexibility index (Phi) is 8.23. The molecule has 0 aliphatic carbocycles. The first-order valence-electron chi connectivity index (χ1n) is 20.0. The van der Waals surface area contributed by atoms with E-state index in [9.17, 15) is 0 Å². The van der Waals surface area contributed by atoms with Gasteiger partial charge in [-0.05, 0) is 79.5 Å². The Labute approximate surface area is 355 Å². The summed E-state index contributed by atoms with van der Waals surface area (Å²) in [6.45, 7) is 0. The third kappa shape index (κ3) is 5.99. The van der Waals surface area contributed by atoms with Crippen LogP contribution in [0.5, 0.6) is 34.5 Å². The van der Waals surface area contributed by atoms with E-state index in [0.717, 1.165) is 54.2 Å². The van der Waals surface area contributed by atoms with Gasteiger partial charge in [0.15, 0.2) is 0 Å². The van der Waals surface area contributed by atoms with E-state index in [-0.39, 0.29) is 11.5 Å². The smallest absolute Gasteiger partial charge is 0.385 e. The van der Waals surface area contributed by atoms with E-state index in [1.807, 2.05) is 158 Å². The second-order valence-corrected chi connectivity index (χ2v) is 18.0. The van der Waals surface area contributed by atoms with Crippen LogP contribution in [0.4, 0.5) is 0 Å². The van der Waals surface area contributed by atoms with Crippen LogP contribution in [0.1, 0.15) is 0 Å². The summed E-state index contributed by atoms with van der Waals surface area (Å²) < 4.78 is 69.4. The van der Waals surface area contributed by atoms with Gasteiger partial charge in [0.1, 0.15) is 34.5 Å². The summed E-state index contributed by atoms with van der Waals surface area (Å²) in [5, 5.41) is 6.99. The fourth-order valence-electron chi connectivity index (χ4n) is 8.71. The second-order valence-electron chi connectivity index (χ2n) is 15.1. The molecule has 10 heteroatoms. The third-order valence-corrected chi connectivity index (χ3v) is 13.9. The molecule has 0 atom stereocenters. The van der Waals surface area contributed by atoms with Gasteiger partial charge < -0.3 is 27.1 Å². The largest absolute Gasteiger partial charge is 0.647 e. The lowest BCUT2D eigenvalue weighted by molar-refractivity contribution is 0.299. The molecule has 62 heavy (non-hydrogen) atoms. The maximum atomic E-state index is 15.5. The van der Waals surface area contributed by atoms with Crippen LogP contribution in [0.25, 0.3) is 76.5 Å². The predicted molar refractivity (Wildman–Crippen MR) is 245 cm³/mol. The molecule has 10 aromatic rings. The molecule has 0 unspecified atom stereocenters. The Morgan fingerprint density at radius 3 is 1.00 bits per heavy atom. The highest BCUT2D eigenvalue weighted by Gasteiger charge is 2.42. The van der Waals surface area contributed by atoms with Gasteiger partial charge in [-0.15, -0.1) is 0 Å². The highest BCUT2D eigenvalue weighted by molar-refractivity contribution is 7.50. The van der Waals surface area contributed by atoms with Gasteiger partial charge in [-0.25, -0.2) is 0 Å². The minimum atomic E-state index is -4.57. The molecule has 12 rings (SSSR count). The Hall–Kier alpha value is -7.50. The Balaban J connectivity index is 1.05. The molecular formula is C52H32O8P2. The van der Waals surface area contributed by atoms with E-state index in [4.69, 9.17) is 27.1 Å². The maximum Gasteiger partial charge on any atom is 0.647 e. The van der Waals surface area contributed by atoms with E-state index in [0.29, 0.717) is 45.3 Å². The summed E-state index contributed by atoms with van der Waals surface area (Å²) in [5.41, 5.74) is 3.92. The van der Waals surface area contributed by atoms with Gasteiger partial charge in [0.25, 0.3) is 0 Å². The van der Waals surface area contributed by atoms with Crippen LogP contribution in [0, 0.1) is 0 Å². The average molecular weight is 847 g/mol. The number of benzene rings is 10. The van der Waals surface area contributed by atoms with Crippen LogP contribution in [0.3, 0.4) is 0 Å². The quantitative estimate of drug-likeness (QED) is 0.158. The zero-order valence-corrected chi connectivity index (χ0v) is 34.4. The second kappa shape index (κ2) is 14.0. The number of para-hydroxylation sites is 2. The topological polar surface area (TPSA) is 89.5 Å². The molecule has 298 valence electrons. The summed E-state index contributed by atoms with van der Waals surface area (Å²) in [4.78, 5) is 0. The SMILES string of the molecule is O=P1(Oc2ccc3ccccc3c2-c2c(OP3(=O)Oc4ccc5ccccc5c4-c4c(ccc5ccccc45)O3)ccc3ccccc23)Oc2ccccc2-c2ccccc2O1. The number of fused-ring (bicyclic) bond motifs is 12. The van der Waals surface area contributed by atoms with Crippen molar-refractivity contribution in [1.29, 1.82) is 0 Å². The normalized spacial score (nSPS) is 14.4. The first-order valence-corrected chi connectivity index (χ1v) is 23.0. The van der Waals surface area contributed by atoms with Gasteiger partial charge in [0, 0.05) is 33.4 Å². The van der Waals surface area contributed by atoms with Crippen molar-refractivity contribution in [2.24, 2.45) is 0 Å². The molecular weight excluding hydrogens is 815 g/mol. The predicted octanol–water partition coefficient (Wildman–Crippen LogP) is 15.2. The number of phosphoric acid groups is 2. The fraction of sp³-hybridized carbons (Fsp3) is 0. The minimum Gasteiger partial charge on any atom is -0.385 e. The minimum absolute atomic E-state index is 0.177. The van der Waals surface area contributed by atoms with Crippen molar-refractivity contribution in [2.45, 2.75) is 0 Å². The summed E-state index contributed by atoms with van der Waals surface area (Å²) in [7, 11) is -9.03. The van der Waals surface area contributed by atoms with Gasteiger partial charge in [-0.2, -0.15) is 9.13 Å². The molecule has 0 aromatic heterocycles. The van der Waals surface area contributed by atoms with Crippen LogP contribution in [-0.2, 0) is 9.13 Å². The maximum absolute atomic E-state index is 15.5. The zero-order valence-electron chi connectivity index (χ0n) is 32.6. The number of hydrogen-bond donors (Lipinski definition) is 0. The van der Waals surface area contributed by atoms with Crippen molar-refractivity contribution in [3.05, 3.63) is 194 Å². The van der Waals surface area contributed by atoms with Crippen LogP contribution in [-0.4, -0.2) is 0 Å². The molecule has 0 saturated carbocycles. The molecule has 0 N–H and O–H groups in total. The van der Waals surface area contributed by atoms with Gasteiger partial charge in [-0.1, -0.05) is 158 Å². The van der Waals surface area contributed by atoms with Crippen molar-refractivity contribution in [3.8, 4) is 67.9 Å². The Bertz CT molecular complexity index is 3440. The molecule has 2 heterocycles. The molecule has 10 aromatic carbocycles. The molecule has 0 saturated heterocycles. The molecule has 0 bridgehead atoms. The highest BCUT2D eigenvalue weighted by atomic mass is 31.2. The molecule has 0 radical (unpaired) electrons. The third-order valence-electron chi connectivity index (χ3n) is 11.4. The number of phosphoric ester groups is 2. The summed E-state index contributed by atoms with van der Waals surface area (Å²) in [6, 6.07) is 60.9. The molecule has 0 spiro atoms. The van der Waals surface area contributed by atoms with E-state index >= 15 is 9.13 Å². The molecule has 8 nitrogen and oxygen atoms in total. The Morgan fingerprint density at radius 1 is 0.290 bits per heavy atom. The van der Waals surface area contributed by atoms with Crippen LogP contribution in [0.2, 0.25) is 0 Å². The van der Waals surface area contributed by atoms with Crippen LogP contribution < -0.4 is 27.1 Å². The van der Waals surface area contributed by atoms with E-state index in [1.165, 1.54) is 0 Å². The van der Waals surface area contributed by atoms with Gasteiger partial charge >= 0.3 is 15.6 Å². The van der Waals surface area contributed by atoms with Crippen LogP contribution in [0.15, 0.2) is 194 Å². The summed E-state index contributed by atoms with van der Waals surface area (Å²) >= 11 is 0. The van der Waals surface area contributed by atoms with Crippen molar-refractivity contribution >= 4 is 58.7 Å². The number of hydrogen-bond acceptors (Lipinski definition) is 8. The molecule has 2 aliphatic rings. The van der Waals surface area contributed by atoms with Gasteiger partial charge in [0.05, 0.1) is 0 Å². The monoisotopic (exact) mass is 846 g/mol. The highest BCUT2D eigenvalue weighted by Crippen LogP contribution is 2.62. The lowest BCUT2D eigenvalue weighted by Crippen LogP contribution is -2.09. The average Bonchev–Trinajstić information content (AvgIpc) is 3.51.